The molecule has 0 saturated carbocycles. The lowest BCUT2D eigenvalue weighted by Crippen LogP contribution is -2.11. The first kappa shape index (κ1) is 12.8. The third-order valence-corrected chi connectivity index (χ3v) is 3.60. The molecule has 1 aromatic heterocycles. The van der Waals surface area contributed by atoms with Gasteiger partial charge in [0.15, 0.2) is 5.82 Å². The van der Waals surface area contributed by atoms with Crippen LogP contribution in [0.3, 0.4) is 0 Å². The molecule has 2 rings (SSSR count). The van der Waals surface area contributed by atoms with Crippen LogP contribution in [0.25, 0.3) is 11.4 Å². The molecular formula is C12H16N4OS. The van der Waals surface area contributed by atoms with E-state index in [4.69, 9.17) is 10.6 Å². The highest BCUT2D eigenvalue weighted by Gasteiger charge is 2.11. The number of aromatic nitrogens is 3. The van der Waals surface area contributed by atoms with Crippen LogP contribution in [-0.4, -0.2) is 27.7 Å². The van der Waals surface area contributed by atoms with Crippen molar-refractivity contribution in [3.8, 4) is 17.1 Å². The fourth-order valence-electron chi connectivity index (χ4n) is 1.51. The fraction of sp³-hybridized carbons (Fsp3) is 0.333. The Balaban J connectivity index is 2.24. The van der Waals surface area contributed by atoms with Crippen molar-refractivity contribution in [2.75, 3.05) is 18.7 Å². The van der Waals surface area contributed by atoms with Gasteiger partial charge in [-0.2, -0.15) is 0 Å². The number of nitrogens with zero attached hydrogens (tertiary/aromatic N) is 3. The molecule has 0 amide bonds. The predicted molar refractivity (Wildman–Crippen MR) is 73.2 cm³/mol. The quantitative estimate of drug-likeness (QED) is 0.662. The van der Waals surface area contributed by atoms with Crippen molar-refractivity contribution in [1.82, 2.24) is 14.9 Å². The van der Waals surface area contributed by atoms with Gasteiger partial charge in [-0.3, -0.25) is 0 Å². The molecule has 0 aliphatic rings. The number of ether oxygens (including phenoxy) is 1. The molecule has 0 bridgehead atoms. The van der Waals surface area contributed by atoms with Gasteiger partial charge in [-0.25, -0.2) is 4.68 Å². The van der Waals surface area contributed by atoms with Crippen molar-refractivity contribution in [1.29, 1.82) is 0 Å². The lowest BCUT2D eigenvalue weighted by Gasteiger charge is -2.04. The van der Waals surface area contributed by atoms with E-state index in [1.54, 1.807) is 18.9 Å². The van der Waals surface area contributed by atoms with Crippen LogP contribution in [0, 0.1) is 0 Å². The molecule has 0 radical (unpaired) electrons. The van der Waals surface area contributed by atoms with Crippen LogP contribution < -0.4 is 10.6 Å². The van der Waals surface area contributed by atoms with E-state index in [-0.39, 0.29) is 0 Å². The highest BCUT2D eigenvalue weighted by atomic mass is 32.2. The molecule has 18 heavy (non-hydrogen) atoms. The third-order valence-electron chi connectivity index (χ3n) is 2.45. The molecule has 0 unspecified atom stereocenters. The SMILES string of the molecule is CCCSc1nnc(-c2ccc(OC)cc2)n1N. The maximum Gasteiger partial charge on any atom is 0.210 e. The summed E-state index contributed by atoms with van der Waals surface area (Å²) in [6, 6.07) is 7.59. The van der Waals surface area contributed by atoms with E-state index in [0.717, 1.165) is 28.6 Å². The van der Waals surface area contributed by atoms with Gasteiger partial charge in [-0.05, 0) is 30.7 Å². The molecule has 1 aromatic carbocycles. The van der Waals surface area contributed by atoms with Crippen LogP contribution in [-0.2, 0) is 0 Å². The third kappa shape index (κ3) is 2.59. The van der Waals surface area contributed by atoms with E-state index in [1.165, 1.54) is 4.68 Å². The molecular weight excluding hydrogens is 248 g/mol. The lowest BCUT2D eigenvalue weighted by molar-refractivity contribution is 0.415. The van der Waals surface area contributed by atoms with E-state index in [9.17, 15) is 0 Å². The Kier molecular flexibility index (Phi) is 4.09. The van der Waals surface area contributed by atoms with Gasteiger partial charge in [-0.1, -0.05) is 18.7 Å². The van der Waals surface area contributed by atoms with Gasteiger partial charge in [0.05, 0.1) is 7.11 Å². The molecule has 6 heteroatoms. The molecule has 0 fully saturated rings. The minimum Gasteiger partial charge on any atom is -0.497 e. The van der Waals surface area contributed by atoms with Gasteiger partial charge in [0, 0.05) is 11.3 Å². The number of nitrogen functional groups attached to an aromatic ring is 1. The molecule has 0 aliphatic carbocycles. The summed E-state index contributed by atoms with van der Waals surface area (Å²) in [6.45, 7) is 2.12. The van der Waals surface area contributed by atoms with Crippen molar-refractivity contribution < 1.29 is 4.74 Å². The smallest absolute Gasteiger partial charge is 0.210 e. The van der Waals surface area contributed by atoms with Gasteiger partial charge in [0.25, 0.3) is 0 Å². The monoisotopic (exact) mass is 264 g/mol. The van der Waals surface area contributed by atoms with Crippen molar-refractivity contribution in [2.45, 2.75) is 18.5 Å². The second-order valence-corrected chi connectivity index (χ2v) is 4.82. The lowest BCUT2D eigenvalue weighted by atomic mass is 10.2. The Bertz CT molecular complexity index is 509. The number of methoxy groups -OCH3 is 1. The average molecular weight is 264 g/mol. The molecule has 96 valence electrons. The van der Waals surface area contributed by atoms with E-state index >= 15 is 0 Å². The first-order valence-electron chi connectivity index (χ1n) is 5.74. The number of benzene rings is 1. The summed E-state index contributed by atoms with van der Waals surface area (Å²) in [5.41, 5.74) is 0.925. The minimum absolute atomic E-state index is 0.663. The largest absolute Gasteiger partial charge is 0.497 e. The number of rotatable bonds is 5. The van der Waals surface area contributed by atoms with Crippen LogP contribution in [0.4, 0.5) is 0 Å². The Morgan fingerprint density at radius 1 is 1.28 bits per heavy atom. The molecule has 0 saturated heterocycles. The topological polar surface area (TPSA) is 66.0 Å². The first-order chi connectivity index (χ1) is 8.76. The van der Waals surface area contributed by atoms with Crippen LogP contribution in [0.2, 0.25) is 0 Å². The maximum absolute atomic E-state index is 5.99. The number of thioether (sulfide) groups is 1. The summed E-state index contributed by atoms with van der Waals surface area (Å²) in [5.74, 6) is 8.44. The van der Waals surface area contributed by atoms with Gasteiger partial charge in [0.2, 0.25) is 5.16 Å². The Morgan fingerprint density at radius 3 is 2.61 bits per heavy atom. The summed E-state index contributed by atoms with van der Waals surface area (Å²) < 4.78 is 6.65. The minimum atomic E-state index is 0.663. The van der Waals surface area contributed by atoms with E-state index in [1.807, 2.05) is 24.3 Å². The van der Waals surface area contributed by atoms with Gasteiger partial charge in [-0.15, -0.1) is 10.2 Å². The zero-order valence-corrected chi connectivity index (χ0v) is 11.3. The van der Waals surface area contributed by atoms with Gasteiger partial charge >= 0.3 is 0 Å². The molecule has 5 nitrogen and oxygen atoms in total. The number of nitrogens with two attached hydrogens (primary N) is 1. The summed E-state index contributed by atoms with van der Waals surface area (Å²) in [4.78, 5) is 0. The van der Waals surface area contributed by atoms with E-state index < -0.39 is 0 Å². The Labute approximate surface area is 110 Å². The highest BCUT2D eigenvalue weighted by molar-refractivity contribution is 7.99. The van der Waals surface area contributed by atoms with E-state index in [2.05, 4.69) is 17.1 Å². The van der Waals surface area contributed by atoms with Crippen LogP contribution in [0.1, 0.15) is 13.3 Å². The fourth-order valence-corrected chi connectivity index (χ4v) is 2.22. The molecule has 2 aromatic rings. The molecule has 2 N–H and O–H groups in total. The van der Waals surface area contributed by atoms with Crippen LogP contribution in [0.5, 0.6) is 5.75 Å². The van der Waals surface area contributed by atoms with Gasteiger partial charge in [0.1, 0.15) is 5.75 Å². The van der Waals surface area contributed by atoms with Crippen molar-refractivity contribution in [2.24, 2.45) is 0 Å². The standard InChI is InChI=1S/C12H16N4OS/c1-3-8-18-12-15-14-11(16(12)13)9-4-6-10(17-2)7-5-9/h4-7H,3,8,13H2,1-2H3. The number of hydrogen-bond donors (Lipinski definition) is 1. The Hall–Kier alpha value is -1.69. The zero-order valence-electron chi connectivity index (χ0n) is 10.5. The Morgan fingerprint density at radius 2 is 2.00 bits per heavy atom. The average Bonchev–Trinajstić information content (AvgIpc) is 2.78. The van der Waals surface area contributed by atoms with Crippen LogP contribution >= 0.6 is 11.8 Å². The van der Waals surface area contributed by atoms with Crippen molar-refractivity contribution in [3.63, 3.8) is 0 Å². The van der Waals surface area contributed by atoms with Crippen LogP contribution in [0.15, 0.2) is 29.4 Å². The summed E-state index contributed by atoms with van der Waals surface area (Å²) in [7, 11) is 1.64. The number of hydrogen-bond acceptors (Lipinski definition) is 5. The molecule has 0 atom stereocenters. The zero-order chi connectivity index (χ0) is 13.0. The summed E-state index contributed by atoms with van der Waals surface area (Å²) in [6.07, 6.45) is 1.08. The van der Waals surface area contributed by atoms with Crippen molar-refractivity contribution in [3.05, 3.63) is 24.3 Å². The molecule has 1 heterocycles. The molecule has 0 aliphatic heterocycles. The maximum atomic E-state index is 5.99. The van der Waals surface area contributed by atoms with Gasteiger partial charge < -0.3 is 10.6 Å². The first-order valence-corrected chi connectivity index (χ1v) is 6.72. The highest BCUT2D eigenvalue weighted by Crippen LogP contribution is 2.23. The summed E-state index contributed by atoms with van der Waals surface area (Å²) in [5, 5.41) is 8.95. The van der Waals surface area contributed by atoms with Crippen molar-refractivity contribution >= 4 is 11.8 Å². The van der Waals surface area contributed by atoms with E-state index in [0.29, 0.717) is 5.82 Å². The summed E-state index contributed by atoms with van der Waals surface area (Å²) >= 11 is 1.61. The second kappa shape index (κ2) is 5.77. The molecule has 0 spiro atoms. The predicted octanol–water partition coefficient (Wildman–Crippen LogP) is 2.17. The second-order valence-electron chi connectivity index (χ2n) is 3.75. The normalized spacial score (nSPS) is 10.6.